The Kier molecular flexibility index (Phi) is 5.38. The molecule has 1 atom stereocenters. The lowest BCUT2D eigenvalue weighted by Gasteiger charge is -2.18. The Morgan fingerprint density at radius 3 is 2.76 bits per heavy atom. The Morgan fingerprint density at radius 2 is 1.93 bits per heavy atom. The van der Waals surface area contributed by atoms with Gasteiger partial charge in [-0.2, -0.15) is 0 Å². The molecule has 150 valence electrons. The molecule has 1 saturated heterocycles. The molecule has 3 aromatic rings. The van der Waals surface area contributed by atoms with E-state index in [1.807, 2.05) is 37.3 Å². The van der Waals surface area contributed by atoms with Gasteiger partial charge in [0.05, 0.1) is 0 Å². The van der Waals surface area contributed by atoms with E-state index in [1.54, 1.807) is 4.90 Å². The van der Waals surface area contributed by atoms with Crippen LogP contribution < -0.4 is 10.2 Å². The van der Waals surface area contributed by atoms with Gasteiger partial charge in [0.25, 0.3) is 0 Å². The Hall–Kier alpha value is -3.08. The normalized spacial score (nSPS) is 16.6. The third-order valence-electron chi connectivity index (χ3n) is 5.88. The molecule has 0 radical (unpaired) electrons. The highest BCUT2D eigenvalue weighted by Gasteiger charge is 2.37. The van der Waals surface area contributed by atoms with E-state index < -0.39 is 5.92 Å². The van der Waals surface area contributed by atoms with Crippen LogP contribution in [0.2, 0.25) is 0 Å². The minimum absolute atomic E-state index is 0.0952. The molecule has 0 aliphatic carbocycles. The second-order valence-corrected chi connectivity index (χ2v) is 7.81. The SMILES string of the molecule is Cc1ccc(N2CCC(C(=O)NCCCn3ccc4ccccc43)C2=O)cc1C. The Bertz CT molecular complexity index is 1050. The van der Waals surface area contributed by atoms with E-state index in [4.69, 9.17) is 0 Å². The third kappa shape index (κ3) is 3.90. The summed E-state index contributed by atoms with van der Waals surface area (Å²) in [4.78, 5) is 27.1. The number of nitrogens with zero attached hydrogens (tertiary/aromatic N) is 2. The first-order chi connectivity index (χ1) is 14.0. The molecule has 29 heavy (non-hydrogen) atoms. The molecule has 1 unspecified atom stereocenters. The van der Waals surface area contributed by atoms with Gasteiger partial charge in [-0.3, -0.25) is 9.59 Å². The van der Waals surface area contributed by atoms with Crippen LogP contribution in [0.4, 0.5) is 5.69 Å². The Balaban J connectivity index is 1.30. The van der Waals surface area contributed by atoms with Crippen molar-refractivity contribution in [3.05, 3.63) is 65.9 Å². The smallest absolute Gasteiger partial charge is 0.239 e. The summed E-state index contributed by atoms with van der Waals surface area (Å²) in [6, 6.07) is 16.4. The predicted octanol–water partition coefficient (Wildman–Crippen LogP) is 3.82. The van der Waals surface area contributed by atoms with Crippen molar-refractivity contribution in [3.63, 3.8) is 0 Å². The van der Waals surface area contributed by atoms with Crippen LogP contribution in [0.3, 0.4) is 0 Å². The molecule has 2 amide bonds. The van der Waals surface area contributed by atoms with E-state index in [1.165, 1.54) is 16.5 Å². The van der Waals surface area contributed by atoms with Crippen LogP contribution in [0, 0.1) is 19.8 Å². The number of aromatic nitrogens is 1. The highest BCUT2D eigenvalue weighted by Crippen LogP contribution is 2.27. The molecular formula is C24H27N3O2. The van der Waals surface area contributed by atoms with Gasteiger partial charge in [-0.15, -0.1) is 0 Å². The molecule has 5 heteroatoms. The number of hydrogen-bond donors (Lipinski definition) is 1. The van der Waals surface area contributed by atoms with Crippen molar-refractivity contribution in [2.45, 2.75) is 33.2 Å². The number of nitrogens with one attached hydrogen (secondary N) is 1. The van der Waals surface area contributed by atoms with Crippen molar-refractivity contribution in [2.75, 3.05) is 18.0 Å². The quantitative estimate of drug-likeness (QED) is 0.515. The minimum Gasteiger partial charge on any atom is -0.355 e. The number of benzene rings is 2. The predicted molar refractivity (Wildman–Crippen MR) is 116 cm³/mol. The summed E-state index contributed by atoms with van der Waals surface area (Å²) in [5.41, 5.74) is 4.44. The zero-order valence-corrected chi connectivity index (χ0v) is 17.0. The summed E-state index contributed by atoms with van der Waals surface area (Å²) in [5, 5.41) is 4.18. The van der Waals surface area contributed by atoms with E-state index in [2.05, 4.69) is 41.2 Å². The van der Waals surface area contributed by atoms with E-state index in [0.717, 1.165) is 24.2 Å². The third-order valence-corrected chi connectivity index (χ3v) is 5.88. The summed E-state index contributed by atoms with van der Waals surface area (Å²) >= 11 is 0. The van der Waals surface area contributed by atoms with Crippen molar-refractivity contribution in [1.29, 1.82) is 0 Å². The number of rotatable bonds is 6. The van der Waals surface area contributed by atoms with Gasteiger partial charge in [-0.1, -0.05) is 24.3 Å². The fourth-order valence-corrected chi connectivity index (χ4v) is 3.99. The van der Waals surface area contributed by atoms with Gasteiger partial charge < -0.3 is 14.8 Å². The summed E-state index contributed by atoms with van der Waals surface area (Å²) < 4.78 is 2.20. The topological polar surface area (TPSA) is 54.3 Å². The molecule has 2 aromatic carbocycles. The molecule has 4 rings (SSSR count). The average Bonchev–Trinajstić information content (AvgIpc) is 3.31. The van der Waals surface area contributed by atoms with Crippen LogP contribution in [-0.4, -0.2) is 29.5 Å². The second-order valence-electron chi connectivity index (χ2n) is 7.81. The van der Waals surface area contributed by atoms with Crippen LogP contribution in [0.1, 0.15) is 24.0 Å². The number of carbonyl (C=O) groups excluding carboxylic acids is 2. The second kappa shape index (κ2) is 8.11. The lowest BCUT2D eigenvalue weighted by Crippen LogP contribution is -2.37. The van der Waals surface area contributed by atoms with Gasteiger partial charge in [0.1, 0.15) is 5.92 Å². The number of aryl methyl sites for hydroxylation is 3. The highest BCUT2D eigenvalue weighted by atomic mass is 16.2. The summed E-state index contributed by atoms with van der Waals surface area (Å²) in [6.45, 7) is 6.09. The van der Waals surface area contributed by atoms with Gasteiger partial charge in [0.15, 0.2) is 0 Å². The first-order valence-electron chi connectivity index (χ1n) is 10.2. The van der Waals surface area contributed by atoms with Crippen molar-refractivity contribution >= 4 is 28.4 Å². The Morgan fingerprint density at radius 1 is 1.10 bits per heavy atom. The fraction of sp³-hybridized carbons (Fsp3) is 0.333. The number of carbonyl (C=O) groups is 2. The van der Waals surface area contributed by atoms with Crippen LogP contribution >= 0.6 is 0 Å². The fourth-order valence-electron chi connectivity index (χ4n) is 3.99. The Labute approximate surface area is 171 Å². The van der Waals surface area contributed by atoms with Crippen molar-refractivity contribution in [3.8, 4) is 0 Å². The molecule has 0 saturated carbocycles. The van der Waals surface area contributed by atoms with Gasteiger partial charge in [0, 0.05) is 37.0 Å². The first-order valence-corrected chi connectivity index (χ1v) is 10.2. The van der Waals surface area contributed by atoms with E-state index >= 15 is 0 Å². The molecule has 1 aromatic heterocycles. The monoisotopic (exact) mass is 389 g/mol. The average molecular weight is 389 g/mol. The summed E-state index contributed by atoms with van der Waals surface area (Å²) in [7, 11) is 0. The van der Waals surface area contributed by atoms with Crippen LogP contribution in [0.25, 0.3) is 10.9 Å². The maximum Gasteiger partial charge on any atom is 0.239 e. The molecule has 0 spiro atoms. The molecule has 1 fully saturated rings. The number of anilines is 1. The maximum atomic E-state index is 12.8. The van der Waals surface area contributed by atoms with Crippen LogP contribution in [0.5, 0.6) is 0 Å². The van der Waals surface area contributed by atoms with Gasteiger partial charge in [-0.25, -0.2) is 0 Å². The van der Waals surface area contributed by atoms with Gasteiger partial charge in [0.2, 0.25) is 11.8 Å². The first kappa shape index (κ1) is 19.2. The molecule has 1 aliphatic heterocycles. The van der Waals surface area contributed by atoms with Crippen molar-refractivity contribution in [1.82, 2.24) is 9.88 Å². The lowest BCUT2D eigenvalue weighted by atomic mass is 10.1. The summed E-state index contributed by atoms with van der Waals surface area (Å²) in [6.07, 6.45) is 3.47. The van der Waals surface area contributed by atoms with Gasteiger partial charge in [-0.05, 0) is 67.5 Å². The zero-order valence-electron chi connectivity index (χ0n) is 17.0. The number of amides is 2. The maximum absolute atomic E-state index is 12.8. The molecule has 1 N–H and O–H groups in total. The number of fused-ring (bicyclic) bond motifs is 1. The van der Waals surface area contributed by atoms with Crippen LogP contribution in [-0.2, 0) is 16.1 Å². The minimum atomic E-state index is -0.580. The van der Waals surface area contributed by atoms with Gasteiger partial charge >= 0.3 is 0 Å². The molecule has 5 nitrogen and oxygen atoms in total. The summed E-state index contributed by atoms with van der Waals surface area (Å²) in [5.74, 6) is -0.829. The van der Waals surface area contributed by atoms with Crippen molar-refractivity contribution in [2.24, 2.45) is 5.92 Å². The standard InChI is InChI=1S/C24H27N3O2/c1-17-8-9-20(16-18(17)2)27-15-11-21(24(27)29)23(28)25-12-5-13-26-14-10-19-6-3-4-7-22(19)26/h3-4,6-10,14,16,21H,5,11-13,15H2,1-2H3,(H,25,28). The van der Waals surface area contributed by atoms with Crippen molar-refractivity contribution < 1.29 is 9.59 Å². The zero-order chi connectivity index (χ0) is 20.4. The number of para-hydroxylation sites is 1. The lowest BCUT2D eigenvalue weighted by molar-refractivity contribution is -0.132. The molecule has 1 aliphatic rings. The van der Waals surface area contributed by atoms with E-state index in [9.17, 15) is 9.59 Å². The van der Waals surface area contributed by atoms with E-state index in [0.29, 0.717) is 19.5 Å². The highest BCUT2D eigenvalue weighted by molar-refractivity contribution is 6.09. The number of hydrogen-bond acceptors (Lipinski definition) is 2. The molecule has 0 bridgehead atoms. The van der Waals surface area contributed by atoms with E-state index in [-0.39, 0.29) is 11.8 Å². The largest absolute Gasteiger partial charge is 0.355 e. The van der Waals surface area contributed by atoms with Crippen LogP contribution in [0.15, 0.2) is 54.7 Å². The molecular weight excluding hydrogens is 362 g/mol. The molecule has 2 heterocycles.